The molecule has 0 aliphatic carbocycles. The van der Waals surface area contributed by atoms with Crippen LogP contribution in [0.5, 0.6) is 0 Å². The van der Waals surface area contributed by atoms with Crippen LogP contribution in [0.4, 0.5) is 5.82 Å². The van der Waals surface area contributed by atoms with E-state index < -0.39 is 0 Å². The number of aromatic nitrogens is 1. The van der Waals surface area contributed by atoms with Crippen molar-refractivity contribution < 1.29 is 9.59 Å². The molecule has 3 atom stereocenters. The molecule has 2 aliphatic rings. The molecule has 1 unspecified atom stereocenters. The zero-order chi connectivity index (χ0) is 17.8. The fraction of sp³-hybridized carbons (Fsp3) is 0.632. The van der Waals surface area contributed by atoms with Gasteiger partial charge in [0, 0.05) is 30.7 Å². The Hall–Kier alpha value is -1.37. The highest BCUT2D eigenvalue weighted by Gasteiger charge is 2.33. The number of carbonyl (C=O) groups excluding carboxylic acids is 2. The summed E-state index contributed by atoms with van der Waals surface area (Å²) in [6.07, 6.45) is 3.48. The molecule has 1 aromatic heterocycles. The van der Waals surface area contributed by atoms with Crippen molar-refractivity contribution >= 4 is 42.4 Å². The van der Waals surface area contributed by atoms with E-state index in [9.17, 15) is 9.59 Å². The number of amides is 2. The number of hydrogen-bond donors (Lipinski definition) is 2. The van der Waals surface area contributed by atoms with Gasteiger partial charge < -0.3 is 15.5 Å². The number of aryl methyl sites for hydroxylation is 1. The van der Waals surface area contributed by atoms with Crippen molar-refractivity contribution in [3.05, 3.63) is 23.9 Å². The first kappa shape index (κ1) is 23.7. The fourth-order valence-corrected chi connectivity index (χ4v) is 3.85. The Morgan fingerprint density at radius 1 is 1.22 bits per heavy atom. The lowest BCUT2D eigenvalue weighted by Gasteiger charge is -2.36. The number of rotatable bonds is 3. The van der Waals surface area contributed by atoms with Crippen molar-refractivity contribution in [2.75, 3.05) is 25.0 Å². The van der Waals surface area contributed by atoms with E-state index >= 15 is 0 Å². The third kappa shape index (κ3) is 6.33. The molecule has 152 valence electrons. The van der Waals surface area contributed by atoms with Crippen molar-refractivity contribution in [2.45, 2.75) is 45.6 Å². The SMILES string of the molecule is Cc1cccc(NC(=O)C2CCCN(C(=O)[C@H]3CCN[C@@H](C)C3)C2)n1.Cl.Cl. The second kappa shape index (κ2) is 10.8. The van der Waals surface area contributed by atoms with Gasteiger partial charge in [-0.3, -0.25) is 9.59 Å². The molecule has 2 amide bonds. The number of halogens is 2. The smallest absolute Gasteiger partial charge is 0.230 e. The Balaban J connectivity index is 0.00000182. The van der Waals surface area contributed by atoms with Crippen molar-refractivity contribution in [1.82, 2.24) is 15.2 Å². The summed E-state index contributed by atoms with van der Waals surface area (Å²) in [7, 11) is 0. The van der Waals surface area contributed by atoms with Gasteiger partial charge in [-0.15, -0.1) is 24.8 Å². The molecule has 0 radical (unpaired) electrons. The highest BCUT2D eigenvalue weighted by atomic mass is 35.5. The molecule has 3 rings (SSSR count). The molecule has 2 aliphatic heterocycles. The summed E-state index contributed by atoms with van der Waals surface area (Å²) in [4.78, 5) is 31.6. The van der Waals surface area contributed by atoms with Crippen LogP contribution in [0.2, 0.25) is 0 Å². The average molecular weight is 417 g/mol. The van der Waals surface area contributed by atoms with E-state index in [1.807, 2.05) is 24.0 Å². The van der Waals surface area contributed by atoms with E-state index in [4.69, 9.17) is 0 Å². The van der Waals surface area contributed by atoms with Gasteiger partial charge in [-0.2, -0.15) is 0 Å². The summed E-state index contributed by atoms with van der Waals surface area (Å²) in [5.74, 6) is 0.713. The van der Waals surface area contributed by atoms with Crippen LogP contribution >= 0.6 is 24.8 Å². The number of likely N-dealkylation sites (tertiary alicyclic amines) is 1. The predicted octanol–water partition coefficient (Wildman–Crippen LogP) is 2.80. The lowest BCUT2D eigenvalue weighted by atomic mass is 9.90. The summed E-state index contributed by atoms with van der Waals surface area (Å²) < 4.78 is 0. The highest BCUT2D eigenvalue weighted by Crippen LogP contribution is 2.24. The minimum Gasteiger partial charge on any atom is -0.342 e. The largest absolute Gasteiger partial charge is 0.342 e. The van der Waals surface area contributed by atoms with Crippen LogP contribution in [0.3, 0.4) is 0 Å². The maximum Gasteiger partial charge on any atom is 0.230 e. The Kier molecular flexibility index (Phi) is 9.50. The molecule has 0 aromatic carbocycles. The highest BCUT2D eigenvalue weighted by molar-refractivity contribution is 5.92. The Bertz CT molecular complexity index is 644. The van der Waals surface area contributed by atoms with Gasteiger partial charge in [-0.05, 0) is 58.2 Å². The Labute approximate surface area is 173 Å². The zero-order valence-electron chi connectivity index (χ0n) is 15.9. The van der Waals surface area contributed by atoms with Gasteiger partial charge in [0.2, 0.25) is 11.8 Å². The van der Waals surface area contributed by atoms with Crippen LogP contribution in [0.15, 0.2) is 18.2 Å². The molecule has 2 N–H and O–H groups in total. The Morgan fingerprint density at radius 3 is 2.70 bits per heavy atom. The number of carbonyl (C=O) groups is 2. The van der Waals surface area contributed by atoms with Gasteiger partial charge in [0.25, 0.3) is 0 Å². The normalized spacial score (nSPS) is 25.0. The number of hydrogen-bond acceptors (Lipinski definition) is 4. The first-order valence-corrected chi connectivity index (χ1v) is 9.29. The van der Waals surface area contributed by atoms with Crippen LogP contribution in [0, 0.1) is 18.8 Å². The zero-order valence-corrected chi connectivity index (χ0v) is 17.6. The summed E-state index contributed by atoms with van der Waals surface area (Å²) in [6, 6.07) is 5.97. The predicted molar refractivity (Wildman–Crippen MR) is 112 cm³/mol. The maximum atomic E-state index is 12.8. The van der Waals surface area contributed by atoms with Crippen LogP contribution in [-0.4, -0.2) is 47.4 Å². The summed E-state index contributed by atoms with van der Waals surface area (Å²) in [6.45, 7) is 6.21. The van der Waals surface area contributed by atoms with Crippen molar-refractivity contribution in [1.29, 1.82) is 0 Å². The van der Waals surface area contributed by atoms with E-state index in [2.05, 4.69) is 22.5 Å². The number of piperidine rings is 2. The summed E-state index contributed by atoms with van der Waals surface area (Å²) in [5.41, 5.74) is 0.873. The number of anilines is 1. The van der Waals surface area contributed by atoms with Gasteiger partial charge in [0.15, 0.2) is 0 Å². The fourth-order valence-electron chi connectivity index (χ4n) is 3.85. The molecule has 3 heterocycles. The van der Waals surface area contributed by atoms with Crippen LogP contribution < -0.4 is 10.6 Å². The molecule has 2 saturated heterocycles. The number of nitrogens with zero attached hydrogens (tertiary/aromatic N) is 2. The third-order valence-electron chi connectivity index (χ3n) is 5.22. The molecular weight excluding hydrogens is 387 g/mol. The average Bonchev–Trinajstić information content (AvgIpc) is 2.61. The van der Waals surface area contributed by atoms with Crippen LogP contribution in [-0.2, 0) is 9.59 Å². The van der Waals surface area contributed by atoms with Crippen LogP contribution in [0.25, 0.3) is 0 Å². The lowest BCUT2D eigenvalue weighted by Crippen LogP contribution is -2.49. The Morgan fingerprint density at radius 2 is 2.00 bits per heavy atom. The monoisotopic (exact) mass is 416 g/mol. The van der Waals surface area contributed by atoms with E-state index in [1.165, 1.54) is 0 Å². The molecular formula is C19H30Cl2N4O2. The minimum absolute atomic E-state index is 0. The van der Waals surface area contributed by atoms with Crippen molar-refractivity contribution in [3.63, 3.8) is 0 Å². The van der Waals surface area contributed by atoms with E-state index in [0.717, 1.165) is 44.5 Å². The summed E-state index contributed by atoms with van der Waals surface area (Å²) in [5, 5.41) is 6.29. The van der Waals surface area contributed by atoms with Gasteiger partial charge >= 0.3 is 0 Å². The van der Waals surface area contributed by atoms with E-state index in [-0.39, 0.29) is 48.5 Å². The van der Waals surface area contributed by atoms with Gasteiger partial charge in [0.05, 0.1) is 5.92 Å². The number of pyridine rings is 1. The molecule has 0 spiro atoms. The lowest BCUT2D eigenvalue weighted by molar-refractivity contribution is -0.139. The third-order valence-corrected chi connectivity index (χ3v) is 5.22. The molecule has 1 aromatic rings. The van der Waals surface area contributed by atoms with Gasteiger partial charge in [0.1, 0.15) is 5.82 Å². The molecule has 8 heteroatoms. The van der Waals surface area contributed by atoms with E-state index in [0.29, 0.717) is 18.4 Å². The molecule has 0 saturated carbocycles. The first-order chi connectivity index (χ1) is 12.0. The standard InChI is InChI=1S/C19H28N4O2.2ClH/c1-13-5-3-7-17(21-13)22-18(24)16-6-4-10-23(12-16)19(25)15-8-9-20-14(2)11-15;;/h3,5,7,14-16,20H,4,6,8-12H2,1-2H3,(H,21,22,24);2*1H/t14-,15-,16?;;/m0../s1. The maximum absolute atomic E-state index is 12.8. The van der Waals surface area contributed by atoms with Crippen molar-refractivity contribution in [3.8, 4) is 0 Å². The second-order valence-corrected chi connectivity index (χ2v) is 7.35. The van der Waals surface area contributed by atoms with Gasteiger partial charge in [-0.1, -0.05) is 6.07 Å². The number of nitrogens with one attached hydrogen (secondary N) is 2. The van der Waals surface area contributed by atoms with Crippen molar-refractivity contribution in [2.24, 2.45) is 11.8 Å². The summed E-state index contributed by atoms with van der Waals surface area (Å²) >= 11 is 0. The second-order valence-electron chi connectivity index (χ2n) is 7.35. The van der Waals surface area contributed by atoms with Crippen LogP contribution in [0.1, 0.15) is 38.3 Å². The quantitative estimate of drug-likeness (QED) is 0.793. The van der Waals surface area contributed by atoms with Gasteiger partial charge in [-0.25, -0.2) is 4.98 Å². The molecule has 0 bridgehead atoms. The molecule has 2 fully saturated rings. The topological polar surface area (TPSA) is 74.3 Å². The first-order valence-electron chi connectivity index (χ1n) is 9.29. The molecule has 6 nitrogen and oxygen atoms in total. The van der Waals surface area contributed by atoms with E-state index in [1.54, 1.807) is 6.07 Å². The minimum atomic E-state index is -0.154. The molecule has 27 heavy (non-hydrogen) atoms.